The summed E-state index contributed by atoms with van der Waals surface area (Å²) in [5.74, 6) is -0.0319. The molecule has 15 heavy (non-hydrogen) atoms. The quantitative estimate of drug-likeness (QED) is 0.762. The molecule has 0 spiro atoms. The van der Waals surface area contributed by atoms with Crippen LogP contribution < -0.4 is 5.73 Å². The molecule has 0 bridgehead atoms. The van der Waals surface area contributed by atoms with Crippen LogP contribution in [0.5, 0.6) is 0 Å². The number of benzene rings is 1. The second kappa shape index (κ2) is 3.51. The third-order valence-corrected chi connectivity index (χ3v) is 2.48. The van der Waals surface area contributed by atoms with E-state index < -0.39 is 6.04 Å². The van der Waals surface area contributed by atoms with E-state index in [1.165, 1.54) is 0 Å². The molecule has 1 unspecified atom stereocenters. The van der Waals surface area contributed by atoms with Crippen LogP contribution in [0.2, 0.25) is 0 Å². The first-order valence-corrected chi connectivity index (χ1v) is 4.87. The molecule has 2 aromatic rings. The number of hydrogen-bond donors (Lipinski definition) is 1. The van der Waals surface area contributed by atoms with Crippen molar-refractivity contribution in [2.75, 3.05) is 0 Å². The Hall–Kier alpha value is -1.61. The minimum Gasteiger partial charge on any atom is -0.464 e. The molecule has 2 N–H and O–H groups in total. The first-order chi connectivity index (χ1) is 7.09. The zero-order valence-electron chi connectivity index (χ0n) is 8.78. The van der Waals surface area contributed by atoms with Gasteiger partial charge in [0.25, 0.3) is 0 Å². The standard InChI is InChI=1S/C12H13NO2/c1-7-5-11-9(3-4-15-11)6-10(7)12(14)8(2)13/h3-6,8H,13H2,1-2H3. The van der Waals surface area contributed by atoms with Crippen LogP contribution in [-0.2, 0) is 0 Å². The van der Waals surface area contributed by atoms with E-state index in [0.717, 1.165) is 16.5 Å². The van der Waals surface area contributed by atoms with Crippen LogP contribution in [-0.4, -0.2) is 11.8 Å². The van der Waals surface area contributed by atoms with Gasteiger partial charge in [-0.05, 0) is 37.6 Å². The lowest BCUT2D eigenvalue weighted by molar-refractivity contribution is 0.0967. The van der Waals surface area contributed by atoms with Crippen molar-refractivity contribution >= 4 is 16.8 Å². The van der Waals surface area contributed by atoms with Crippen molar-refractivity contribution in [1.82, 2.24) is 0 Å². The van der Waals surface area contributed by atoms with Gasteiger partial charge in [-0.15, -0.1) is 0 Å². The highest BCUT2D eigenvalue weighted by Crippen LogP contribution is 2.21. The highest BCUT2D eigenvalue weighted by atomic mass is 16.3. The maximum Gasteiger partial charge on any atom is 0.179 e. The van der Waals surface area contributed by atoms with Crippen LogP contribution in [0.4, 0.5) is 0 Å². The van der Waals surface area contributed by atoms with Crippen molar-refractivity contribution < 1.29 is 9.21 Å². The molecule has 0 aliphatic carbocycles. The minimum atomic E-state index is -0.465. The number of furan rings is 1. The minimum absolute atomic E-state index is 0.0319. The molecule has 0 saturated carbocycles. The number of Topliss-reactive ketones (excluding diaryl/α,β-unsaturated/α-hetero) is 1. The SMILES string of the molecule is Cc1cc2occc2cc1C(=O)C(C)N. The average Bonchev–Trinajstić information content (AvgIpc) is 2.62. The summed E-state index contributed by atoms with van der Waals surface area (Å²) in [6, 6.07) is 5.07. The Balaban J connectivity index is 2.60. The Morgan fingerprint density at radius 2 is 2.20 bits per heavy atom. The molecule has 78 valence electrons. The Morgan fingerprint density at radius 1 is 1.47 bits per heavy atom. The third-order valence-electron chi connectivity index (χ3n) is 2.48. The number of aryl methyl sites for hydroxylation is 1. The molecular weight excluding hydrogens is 190 g/mol. The van der Waals surface area contributed by atoms with Crippen molar-refractivity contribution in [3.8, 4) is 0 Å². The number of rotatable bonds is 2. The van der Waals surface area contributed by atoms with Crippen molar-refractivity contribution in [2.45, 2.75) is 19.9 Å². The first-order valence-electron chi connectivity index (χ1n) is 4.87. The van der Waals surface area contributed by atoms with E-state index in [1.54, 1.807) is 13.2 Å². The van der Waals surface area contributed by atoms with Gasteiger partial charge in [-0.1, -0.05) is 0 Å². The van der Waals surface area contributed by atoms with E-state index in [1.807, 2.05) is 25.1 Å². The molecule has 0 aliphatic rings. The first kappa shape index (κ1) is 9.93. The highest BCUT2D eigenvalue weighted by Gasteiger charge is 2.14. The molecule has 3 heteroatoms. The number of carbonyl (C=O) groups is 1. The summed E-state index contributed by atoms with van der Waals surface area (Å²) in [5, 5.41) is 0.935. The van der Waals surface area contributed by atoms with Crippen LogP contribution in [0.25, 0.3) is 11.0 Å². The van der Waals surface area contributed by atoms with E-state index in [0.29, 0.717) is 5.56 Å². The summed E-state index contributed by atoms with van der Waals surface area (Å²) in [5.41, 5.74) is 7.97. The smallest absolute Gasteiger partial charge is 0.179 e. The summed E-state index contributed by atoms with van der Waals surface area (Å²) in [6.45, 7) is 3.58. The highest BCUT2D eigenvalue weighted by molar-refractivity contribution is 6.03. The van der Waals surface area contributed by atoms with Crippen LogP contribution >= 0.6 is 0 Å². The molecule has 0 fully saturated rings. The fourth-order valence-electron chi connectivity index (χ4n) is 1.62. The zero-order valence-corrected chi connectivity index (χ0v) is 8.78. The van der Waals surface area contributed by atoms with E-state index in [2.05, 4.69) is 0 Å². The molecule has 1 atom stereocenters. The van der Waals surface area contributed by atoms with Gasteiger partial charge >= 0.3 is 0 Å². The lowest BCUT2D eigenvalue weighted by Crippen LogP contribution is -2.27. The Morgan fingerprint density at radius 3 is 2.87 bits per heavy atom. The number of hydrogen-bond acceptors (Lipinski definition) is 3. The van der Waals surface area contributed by atoms with E-state index >= 15 is 0 Å². The molecule has 3 nitrogen and oxygen atoms in total. The number of ketones is 1. The van der Waals surface area contributed by atoms with Gasteiger partial charge in [0.2, 0.25) is 0 Å². The van der Waals surface area contributed by atoms with E-state index in [9.17, 15) is 4.79 Å². The lowest BCUT2D eigenvalue weighted by Gasteiger charge is -2.07. The molecule has 1 aromatic carbocycles. The van der Waals surface area contributed by atoms with Gasteiger partial charge < -0.3 is 10.2 Å². The van der Waals surface area contributed by atoms with Crippen LogP contribution in [0.15, 0.2) is 28.9 Å². The zero-order chi connectivity index (χ0) is 11.0. The van der Waals surface area contributed by atoms with Gasteiger partial charge in [0.15, 0.2) is 5.78 Å². The fourth-order valence-corrected chi connectivity index (χ4v) is 1.62. The second-order valence-corrected chi connectivity index (χ2v) is 3.78. The summed E-state index contributed by atoms with van der Waals surface area (Å²) in [4.78, 5) is 11.8. The topological polar surface area (TPSA) is 56.2 Å². The number of fused-ring (bicyclic) bond motifs is 1. The number of nitrogens with two attached hydrogens (primary N) is 1. The summed E-state index contributed by atoms with van der Waals surface area (Å²) in [6.07, 6.45) is 1.62. The molecule has 0 amide bonds. The average molecular weight is 203 g/mol. The largest absolute Gasteiger partial charge is 0.464 e. The van der Waals surface area contributed by atoms with Gasteiger partial charge in [0.1, 0.15) is 5.58 Å². The normalized spacial score (nSPS) is 13.0. The molecule has 0 aliphatic heterocycles. The predicted octanol–water partition coefficient (Wildman–Crippen LogP) is 2.27. The Bertz CT molecular complexity index is 511. The maximum absolute atomic E-state index is 11.8. The number of carbonyl (C=O) groups excluding carboxylic acids is 1. The maximum atomic E-state index is 11.8. The van der Waals surface area contributed by atoms with Crippen molar-refractivity contribution in [3.63, 3.8) is 0 Å². The van der Waals surface area contributed by atoms with Crippen molar-refractivity contribution in [2.24, 2.45) is 5.73 Å². The van der Waals surface area contributed by atoms with E-state index in [-0.39, 0.29) is 5.78 Å². The van der Waals surface area contributed by atoms with Gasteiger partial charge in [-0.3, -0.25) is 4.79 Å². The molecule has 0 saturated heterocycles. The molecule has 1 heterocycles. The summed E-state index contributed by atoms with van der Waals surface area (Å²) >= 11 is 0. The lowest BCUT2D eigenvalue weighted by atomic mass is 9.99. The third kappa shape index (κ3) is 1.66. The Kier molecular flexibility index (Phi) is 2.32. The monoisotopic (exact) mass is 203 g/mol. The van der Waals surface area contributed by atoms with Gasteiger partial charge in [0, 0.05) is 10.9 Å². The summed E-state index contributed by atoms with van der Waals surface area (Å²) in [7, 11) is 0. The van der Waals surface area contributed by atoms with Crippen LogP contribution in [0.3, 0.4) is 0 Å². The molecule has 0 radical (unpaired) electrons. The van der Waals surface area contributed by atoms with Gasteiger partial charge in [-0.25, -0.2) is 0 Å². The van der Waals surface area contributed by atoms with Crippen LogP contribution in [0.1, 0.15) is 22.8 Å². The van der Waals surface area contributed by atoms with Crippen LogP contribution in [0, 0.1) is 6.92 Å². The predicted molar refractivity (Wildman–Crippen MR) is 58.9 cm³/mol. The fraction of sp³-hybridized carbons (Fsp3) is 0.250. The van der Waals surface area contributed by atoms with Gasteiger partial charge in [-0.2, -0.15) is 0 Å². The molecule has 1 aromatic heterocycles. The summed E-state index contributed by atoms with van der Waals surface area (Å²) < 4.78 is 5.25. The van der Waals surface area contributed by atoms with Crippen molar-refractivity contribution in [1.29, 1.82) is 0 Å². The van der Waals surface area contributed by atoms with Gasteiger partial charge in [0.05, 0.1) is 12.3 Å². The van der Waals surface area contributed by atoms with Crippen molar-refractivity contribution in [3.05, 3.63) is 35.6 Å². The second-order valence-electron chi connectivity index (χ2n) is 3.78. The molecular formula is C12H13NO2. The van der Waals surface area contributed by atoms with E-state index in [4.69, 9.17) is 10.2 Å². The molecule has 2 rings (SSSR count). The Labute approximate surface area is 87.9 Å².